The van der Waals surface area contributed by atoms with Crippen LogP contribution in [0.4, 0.5) is 0 Å². The molecule has 116 valence electrons. The Hall–Kier alpha value is -2.74. The Morgan fingerprint density at radius 2 is 1.75 bits per heavy atom. The highest BCUT2D eigenvalue weighted by Crippen LogP contribution is 2.41. The Balaban J connectivity index is 1.83. The van der Waals surface area contributed by atoms with Crippen molar-refractivity contribution >= 4 is 21.5 Å². The lowest BCUT2D eigenvalue weighted by molar-refractivity contribution is 0.607. The van der Waals surface area contributed by atoms with Crippen molar-refractivity contribution in [3.8, 4) is 0 Å². The largest absolute Gasteiger partial charge is 0.261 e. The fourth-order valence-corrected chi connectivity index (χ4v) is 4.21. The van der Waals surface area contributed by atoms with Crippen LogP contribution < -0.4 is 0 Å². The molecule has 0 fully saturated rings. The SMILES string of the molecule is c1ccc2c(c1)ccc1c3c(ccc12)CCCC3c1cnccn1. The smallest absolute Gasteiger partial charge is 0.0661 e. The van der Waals surface area contributed by atoms with Gasteiger partial charge in [0.2, 0.25) is 0 Å². The van der Waals surface area contributed by atoms with E-state index in [1.54, 1.807) is 6.20 Å². The molecular weight excluding hydrogens is 292 g/mol. The second-order valence-electron chi connectivity index (χ2n) is 6.60. The molecule has 4 aromatic rings. The monoisotopic (exact) mass is 310 g/mol. The lowest BCUT2D eigenvalue weighted by Gasteiger charge is -2.27. The molecule has 2 nitrogen and oxygen atoms in total. The molecule has 1 aliphatic rings. The minimum atomic E-state index is 0.354. The standard InChI is InChI=1S/C22H18N2/c1-2-6-17-15(4-1)8-11-19-18(17)10-9-16-5-3-7-20(22(16)19)21-14-23-12-13-24-21/h1-2,4,6,8-14,20H,3,5,7H2. The Morgan fingerprint density at radius 1 is 0.833 bits per heavy atom. The summed E-state index contributed by atoms with van der Waals surface area (Å²) < 4.78 is 0. The van der Waals surface area contributed by atoms with Crippen molar-refractivity contribution in [1.29, 1.82) is 0 Å². The van der Waals surface area contributed by atoms with Gasteiger partial charge >= 0.3 is 0 Å². The summed E-state index contributed by atoms with van der Waals surface area (Å²) in [5.41, 5.74) is 4.03. The molecule has 1 aliphatic carbocycles. The Kier molecular flexibility index (Phi) is 3.08. The van der Waals surface area contributed by atoms with Crippen molar-refractivity contribution in [1.82, 2.24) is 9.97 Å². The van der Waals surface area contributed by atoms with Crippen LogP contribution in [-0.4, -0.2) is 9.97 Å². The number of benzene rings is 3. The van der Waals surface area contributed by atoms with Gasteiger partial charge in [0.15, 0.2) is 0 Å². The fraction of sp³-hybridized carbons (Fsp3) is 0.182. The summed E-state index contributed by atoms with van der Waals surface area (Å²) in [6, 6.07) is 17.8. The maximum Gasteiger partial charge on any atom is 0.0661 e. The van der Waals surface area contributed by atoms with Crippen LogP contribution in [0.15, 0.2) is 67.1 Å². The van der Waals surface area contributed by atoms with Crippen LogP contribution in [-0.2, 0) is 6.42 Å². The normalized spacial score (nSPS) is 17.1. The highest BCUT2D eigenvalue weighted by Gasteiger charge is 2.25. The van der Waals surface area contributed by atoms with Crippen LogP contribution >= 0.6 is 0 Å². The van der Waals surface area contributed by atoms with E-state index in [9.17, 15) is 0 Å². The molecule has 1 aromatic heterocycles. The van der Waals surface area contributed by atoms with Crippen LogP contribution in [0, 0.1) is 0 Å². The summed E-state index contributed by atoms with van der Waals surface area (Å²) in [4.78, 5) is 8.91. The molecule has 1 heterocycles. The Morgan fingerprint density at radius 3 is 2.67 bits per heavy atom. The Labute approximate surface area is 141 Å². The third-order valence-corrected chi connectivity index (χ3v) is 5.29. The van der Waals surface area contributed by atoms with Gasteiger partial charge in [0, 0.05) is 24.5 Å². The van der Waals surface area contributed by atoms with Gasteiger partial charge in [0.25, 0.3) is 0 Å². The molecule has 24 heavy (non-hydrogen) atoms. The number of aryl methyl sites for hydroxylation is 1. The fourth-order valence-electron chi connectivity index (χ4n) is 4.21. The van der Waals surface area contributed by atoms with Gasteiger partial charge in [0.1, 0.15) is 0 Å². The van der Waals surface area contributed by atoms with E-state index in [2.05, 4.69) is 58.5 Å². The lowest BCUT2D eigenvalue weighted by Crippen LogP contribution is -2.13. The van der Waals surface area contributed by atoms with E-state index in [4.69, 9.17) is 0 Å². The Bertz CT molecular complexity index is 1040. The molecule has 3 aromatic carbocycles. The maximum atomic E-state index is 4.61. The van der Waals surface area contributed by atoms with E-state index in [-0.39, 0.29) is 0 Å². The van der Waals surface area contributed by atoms with E-state index < -0.39 is 0 Å². The van der Waals surface area contributed by atoms with Gasteiger partial charge in [-0.05, 0) is 51.9 Å². The van der Waals surface area contributed by atoms with Gasteiger partial charge in [-0.3, -0.25) is 9.97 Å². The minimum absolute atomic E-state index is 0.354. The van der Waals surface area contributed by atoms with Crippen LogP contribution in [0.5, 0.6) is 0 Å². The molecule has 0 spiro atoms. The van der Waals surface area contributed by atoms with Crippen LogP contribution in [0.25, 0.3) is 21.5 Å². The topological polar surface area (TPSA) is 25.8 Å². The molecule has 0 radical (unpaired) electrons. The number of hydrogen-bond acceptors (Lipinski definition) is 2. The summed E-state index contributed by atoms with van der Waals surface area (Å²) in [6.45, 7) is 0. The van der Waals surface area contributed by atoms with Gasteiger partial charge in [-0.15, -0.1) is 0 Å². The highest BCUT2D eigenvalue weighted by atomic mass is 14.8. The third kappa shape index (κ3) is 2.03. The van der Waals surface area contributed by atoms with Crippen molar-refractivity contribution in [2.24, 2.45) is 0 Å². The molecule has 0 saturated carbocycles. The molecule has 2 heteroatoms. The van der Waals surface area contributed by atoms with Crippen molar-refractivity contribution in [3.63, 3.8) is 0 Å². The minimum Gasteiger partial charge on any atom is -0.261 e. The van der Waals surface area contributed by atoms with Gasteiger partial charge in [-0.2, -0.15) is 0 Å². The molecule has 0 amide bonds. The molecule has 0 bridgehead atoms. The molecule has 5 rings (SSSR count). The molecule has 0 N–H and O–H groups in total. The first-order chi connectivity index (χ1) is 11.9. The average molecular weight is 310 g/mol. The van der Waals surface area contributed by atoms with Crippen LogP contribution in [0.2, 0.25) is 0 Å². The van der Waals surface area contributed by atoms with Crippen molar-refractivity contribution in [3.05, 3.63) is 83.9 Å². The molecule has 0 saturated heterocycles. The number of nitrogens with zero attached hydrogens (tertiary/aromatic N) is 2. The summed E-state index contributed by atoms with van der Waals surface area (Å²) in [5.74, 6) is 0.354. The second-order valence-corrected chi connectivity index (χ2v) is 6.60. The first kappa shape index (κ1) is 13.7. The van der Waals surface area contributed by atoms with Crippen molar-refractivity contribution < 1.29 is 0 Å². The first-order valence-corrected chi connectivity index (χ1v) is 8.61. The molecule has 1 atom stereocenters. The lowest BCUT2D eigenvalue weighted by atomic mass is 9.78. The zero-order valence-corrected chi connectivity index (χ0v) is 13.4. The quantitative estimate of drug-likeness (QED) is 0.449. The number of aromatic nitrogens is 2. The van der Waals surface area contributed by atoms with Crippen LogP contribution in [0.3, 0.4) is 0 Å². The average Bonchev–Trinajstić information content (AvgIpc) is 2.67. The zero-order chi connectivity index (χ0) is 15.9. The van der Waals surface area contributed by atoms with Crippen LogP contribution in [0.1, 0.15) is 35.6 Å². The number of fused-ring (bicyclic) bond motifs is 5. The summed E-state index contributed by atoms with van der Waals surface area (Å²) >= 11 is 0. The number of hydrogen-bond donors (Lipinski definition) is 0. The van der Waals surface area contributed by atoms with Gasteiger partial charge in [0.05, 0.1) is 5.69 Å². The molecular formula is C22H18N2. The van der Waals surface area contributed by atoms with Crippen molar-refractivity contribution in [2.75, 3.05) is 0 Å². The van der Waals surface area contributed by atoms with E-state index >= 15 is 0 Å². The first-order valence-electron chi connectivity index (χ1n) is 8.61. The highest BCUT2D eigenvalue weighted by molar-refractivity contribution is 6.09. The summed E-state index contributed by atoms with van der Waals surface area (Å²) in [5, 5.41) is 5.36. The maximum absolute atomic E-state index is 4.61. The number of rotatable bonds is 1. The van der Waals surface area contributed by atoms with E-state index in [1.807, 2.05) is 12.4 Å². The van der Waals surface area contributed by atoms with E-state index in [0.29, 0.717) is 5.92 Å². The van der Waals surface area contributed by atoms with E-state index in [1.165, 1.54) is 39.1 Å². The summed E-state index contributed by atoms with van der Waals surface area (Å²) in [6.07, 6.45) is 9.02. The predicted octanol–water partition coefficient (Wildman–Crippen LogP) is 5.25. The van der Waals surface area contributed by atoms with Gasteiger partial charge in [-0.25, -0.2) is 0 Å². The zero-order valence-electron chi connectivity index (χ0n) is 13.4. The summed E-state index contributed by atoms with van der Waals surface area (Å²) in [7, 11) is 0. The molecule has 0 aliphatic heterocycles. The second kappa shape index (κ2) is 5.41. The van der Waals surface area contributed by atoms with Gasteiger partial charge < -0.3 is 0 Å². The molecule has 1 unspecified atom stereocenters. The van der Waals surface area contributed by atoms with Gasteiger partial charge in [-0.1, -0.05) is 48.5 Å². The van der Waals surface area contributed by atoms with E-state index in [0.717, 1.165) is 18.5 Å². The third-order valence-electron chi connectivity index (χ3n) is 5.29. The van der Waals surface area contributed by atoms with Crippen molar-refractivity contribution in [2.45, 2.75) is 25.2 Å². The predicted molar refractivity (Wildman–Crippen MR) is 98.3 cm³/mol.